The van der Waals surface area contributed by atoms with Crippen LogP contribution in [0, 0.1) is 0 Å². The highest BCUT2D eigenvalue weighted by atomic mass is 16.5. The molecule has 26 heavy (non-hydrogen) atoms. The molecule has 0 unspecified atom stereocenters. The first-order valence-corrected chi connectivity index (χ1v) is 8.85. The van der Waals surface area contributed by atoms with E-state index in [0.29, 0.717) is 16.9 Å². The second-order valence-electron chi connectivity index (χ2n) is 7.32. The molecule has 0 radical (unpaired) electrons. The van der Waals surface area contributed by atoms with Crippen molar-refractivity contribution >= 4 is 28.1 Å². The summed E-state index contributed by atoms with van der Waals surface area (Å²) in [5.74, 6) is 0.673. The maximum Gasteiger partial charge on any atom is 0.255 e. The third kappa shape index (κ3) is 2.77. The lowest BCUT2D eigenvalue weighted by Gasteiger charge is -2.34. The van der Waals surface area contributed by atoms with Crippen molar-refractivity contribution in [3.63, 3.8) is 0 Å². The first-order valence-electron chi connectivity index (χ1n) is 8.85. The van der Waals surface area contributed by atoms with Gasteiger partial charge in [0.1, 0.15) is 11.4 Å². The van der Waals surface area contributed by atoms with E-state index in [0.717, 1.165) is 34.9 Å². The number of anilines is 2. The highest BCUT2D eigenvalue weighted by molar-refractivity contribution is 6.14. The highest BCUT2D eigenvalue weighted by Gasteiger charge is 2.31. The van der Waals surface area contributed by atoms with E-state index in [1.807, 2.05) is 42.5 Å². The molecule has 0 spiro atoms. The normalized spacial score (nSPS) is 15.2. The quantitative estimate of drug-likeness (QED) is 0.518. The zero-order valence-electron chi connectivity index (χ0n) is 15.0. The standard InChI is InChI=1S/C22H22N2O2/c1-22(2)13-12-17-18(23)19(24-21(25)14-8-4-3-5-9-14)15-10-6-7-11-16(15)20(17)26-22/h3-11H,12-13,23H2,1-2H3,(H,24,25). The molecule has 4 rings (SSSR count). The first-order chi connectivity index (χ1) is 12.5. The fourth-order valence-electron chi connectivity index (χ4n) is 3.51. The number of carbonyl (C=O) groups is 1. The summed E-state index contributed by atoms with van der Waals surface area (Å²) in [7, 11) is 0. The minimum absolute atomic E-state index is 0.167. The Bertz CT molecular complexity index is 994. The number of nitrogens with one attached hydrogen (secondary N) is 1. The van der Waals surface area contributed by atoms with E-state index < -0.39 is 0 Å². The van der Waals surface area contributed by atoms with Crippen LogP contribution in [0.25, 0.3) is 10.8 Å². The molecule has 1 amide bonds. The number of hydrogen-bond donors (Lipinski definition) is 2. The minimum atomic E-state index is -0.225. The number of hydrogen-bond acceptors (Lipinski definition) is 3. The lowest BCUT2D eigenvalue weighted by molar-refractivity contribution is 0.0871. The van der Waals surface area contributed by atoms with E-state index >= 15 is 0 Å². The molecule has 4 heteroatoms. The van der Waals surface area contributed by atoms with Crippen molar-refractivity contribution in [3.05, 3.63) is 65.7 Å². The summed E-state index contributed by atoms with van der Waals surface area (Å²) in [6.07, 6.45) is 1.71. The Hall–Kier alpha value is -3.01. The predicted molar refractivity (Wildman–Crippen MR) is 106 cm³/mol. The average molecular weight is 346 g/mol. The number of nitrogen functional groups attached to an aromatic ring is 1. The molecule has 132 valence electrons. The smallest absolute Gasteiger partial charge is 0.255 e. The fourth-order valence-corrected chi connectivity index (χ4v) is 3.51. The van der Waals surface area contributed by atoms with Crippen molar-refractivity contribution in [1.82, 2.24) is 0 Å². The molecule has 1 heterocycles. The molecule has 0 atom stereocenters. The molecule has 0 saturated heterocycles. The molecular weight excluding hydrogens is 324 g/mol. The van der Waals surface area contributed by atoms with E-state index in [1.165, 1.54) is 0 Å². The minimum Gasteiger partial charge on any atom is -0.487 e. The molecule has 3 N–H and O–H groups in total. The van der Waals surface area contributed by atoms with Crippen LogP contribution in [-0.4, -0.2) is 11.5 Å². The van der Waals surface area contributed by atoms with Gasteiger partial charge in [-0.1, -0.05) is 42.5 Å². The second-order valence-corrected chi connectivity index (χ2v) is 7.32. The predicted octanol–water partition coefficient (Wildman–Crippen LogP) is 4.78. The summed E-state index contributed by atoms with van der Waals surface area (Å²) in [6.45, 7) is 4.18. The summed E-state index contributed by atoms with van der Waals surface area (Å²) in [6, 6.07) is 17.1. The molecule has 1 aliphatic heterocycles. The number of amides is 1. The molecule has 0 saturated carbocycles. The van der Waals surface area contributed by atoms with Crippen molar-refractivity contribution in [2.75, 3.05) is 11.1 Å². The lowest BCUT2D eigenvalue weighted by atomic mass is 9.90. The van der Waals surface area contributed by atoms with Crippen LogP contribution in [0.2, 0.25) is 0 Å². The van der Waals surface area contributed by atoms with Crippen molar-refractivity contribution in [2.24, 2.45) is 0 Å². The van der Waals surface area contributed by atoms with Crippen molar-refractivity contribution in [2.45, 2.75) is 32.3 Å². The van der Waals surface area contributed by atoms with Gasteiger partial charge in [-0.3, -0.25) is 4.79 Å². The van der Waals surface area contributed by atoms with Crippen molar-refractivity contribution in [1.29, 1.82) is 0 Å². The average Bonchev–Trinajstić information content (AvgIpc) is 2.65. The third-order valence-electron chi connectivity index (χ3n) is 4.94. The van der Waals surface area contributed by atoms with Crippen LogP contribution in [0.4, 0.5) is 11.4 Å². The van der Waals surface area contributed by atoms with E-state index in [1.54, 1.807) is 12.1 Å². The van der Waals surface area contributed by atoms with E-state index in [4.69, 9.17) is 10.5 Å². The van der Waals surface area contributed by atoms with Gasteiger partial charge in [0.2, 0.25) is 0 Å². The highest BCUT2D eigenvalue weighted by Crippen LogP contribution is 2.46. The topological polar surface area (TPSA) is 64.3 Å². The van der Waals surface area contributed by atoms with Gasteiger partial charge in [0.15, 0.2) is 0 Å². The van der Waals surface area contributed by atoms with E-state index in [9.17, 15) is 4.79 Å². The zero-order valence-corrected chi connectivity index (χ0v) is 15.0. The molecule has 0 bridgehead atoms. The van der Waals surface area contributed by atoms with Crippen LogP contribution in [-0.2, 0) is 6.42 Å². The third-order valence-corrected chi connectivity index (χ3v) is 4.94. The Morgan fingerprint density at radius 2 is 1.69 bits per heavy atom. The largest absolute Gasteiger partial charge is 0.487 e. The number of ether oxygens (including phenoxy) is 1. The van der Waals surface area contributed by atoms with Gasteiger partial charge in [0.25, 0.3) is 5.91 Å². The number of rotatable bonds is 2. The van der Waals surface area contributed by atoms with Gasteiger partial charge in [-0.05, 0) is 38.8 Å². The monoisotopic (exact) mass is 346 g/mol. The Kier molecular flexibility index (Phi) is 3.83. The first kappa shape index (κ1) is 16.5. The number of carbonyl (C=O) groups excluding carboxylic acids is 1. The maximum absolute atomic E-state index is 12.7. The molecule has 4 nitrogen and oxygen atoms in total. The molecule has 1 aliphatic rings. The van der Waals surface area contributed by atoms with Crippen molar-refractivity contribution in [3.8, 4) is 5.75 Å². The Balaban J connectivity index is 1.86. The molecule has 0 fully saturated rings. The van der Waals surface area contributed by atoms with Gasteiger partial charge < -0.3 is 15.8 Å². The van der Waals surface area contributed by atoms with Gasteiger partial charge >= 0.3 is 0 Å². The molecule has 3 aromatic carbocycles. The van der Waals surface area contributed by atoms with Crippen LogP contribution >= 0.6 is 0 Å². The van der Waals surface area contributed by atoms with Crippen molar-refractivity contribution < 1.29 is 9.53 Å². The van der Waals surface area contributed by atoms with Crippen LogP contribution in [0.5, 0.6) is 5.75 Å². The summed E-state index contributed by atoms with van der Waals surface area (Å²) in [5.41, 5.74) is 9.11. The van der Waals surface area contributed by atoms with Crippen LogP contribution < -0.4 is 15.8 Å². The maximum atomic E-state index is 12.7. The van der Waals surface area contributed by atoms with Gasteiger partial charge in [0, 0.05) is 21.9 Å². The SMILES string of the molecule is CC1(C)CCc2c(N)c(NC(=O)c3ccccc3)c3ccccc3c2O1. The van der Waals surface area contributed by atoms with Crippen LogP contribution in [0.3, 0.4) is 0 Å². The van der Waals surface area contributed by atoms with Gasteiger partial charge in [-0.25, -0.2) is 0 Å². The molecule has 0 aromatic heterocycles. The molecule has 0 aliphatic carbocycles. The van der Waals surface area contributed by atoms with E-state index in [-0.39, 0.29) is 11.5 Å². The molecular formula is C22H22N2O2. The lowest BCUT2D eigenvalue weighted by Crippen LogP contribution is -2.33. The summed E-state index contributed by atoms with van der Waals surface area (Å²) in [4.78, 5) is 12.7. The van der Waals surface area contributed by atoms with Gasteiger partial charge in [-0.15, -0.1) is 0 Å². The summed E-state index contributed by atoms with van der Waals surface area (Å²) >= 11 is 0. The van der Waals surface area contributed by atoms with Gasteiger partial charge in [0.05, 0.1) is 11.4 Å². The fraction of sp³-hybridized carbons (Fsp3) is 0.227. The number of benzene rings is 3. The second kappa shape index (κ2) is 6.06. The Morgan fingerprint density at radius 3 is 2.42 bits per heavy atom. The zero-order chi connectivity index (χ0) is 18.3. The summed E-state index contributed by atoms with van der Waals surface area (Å²) in [5, 5.41) is 4.89. The molecule has 3 aromatic rings. The number of fused-ring (bicyclic) bond motifs is 3. The van der Waals surface area contributed by atoms with E-state index in [2.05, 4.69) is 19.2 Å². The Labute approximate surface area is 153 Å². The summed E-state index contributed by atoms with van der Waals surface area (Å²) < 4.78 is 6.27. The Morgan fingerprint density at radius 1 is 1.04 bits per heavy atom. The van der Waals surface area contributed by atoms with Gasteiger partial charge in [-0.2, -0.15) is 0 Å². The number of nitrogens with two attached hydrogens (primary N) is 1. The van der Waals surface area contributed by atoms with Crippen LogP contribution in [0.15, 0.2) is 54.6 Å². The van der Waals surface area contributed by atoms with Crippen LogP contribution in [0.1, 0.15) is 36.2 Å².